The summed E-state index contributed by atoms with van der Waals surface area (Å²) < 4.78 is 22.7. The van der Waals surface area contributed by atoms with E-state index < -0.39 is 7.26 Å². The Morgan fingerprint density at radius 2 is 0.833 bits per heavy atom. The molecule has 0 saturated heterocycles. The number of hydrogen-bond donors (Lipinski definition) is 0. The smallest absolute Gasteiger partial charge is 0.490 e. The molecular weight excluding hydrogens is 539 g/mol. The minimum absolute atomic E-state index is 0.583. The molecule has 0 unspecified atom stereocenters. The molecule has 5 heteroatoms. The Balaban J connectivity index is 1.40. The third kappa shape index (κ3) is 6.76. The van der Waals surface area contributed by atoms with Gasteiger partial charge in [0.2, 0.25) is 0 Å². The summed E-state index contributed by atoms with van der Waals surface area (Å²) in [6.07, 6.45) is 9.34. The van der Waals surface area contributed by atoms with E-state index in [0.717, 1.165) is 29.7 Å². The van der Waals surface area contributed by atoms with Crippen LogP contribution in [0.4, 0.5) is 0 Å². The first-order chi connectivity index (χ1) is 20.6. The molecule has 224 valence electrons. The van der Waals surface area contributed by atoms with Crippen molar-refractivity contribution in [3.63, 3.8) is 0 Å². The topological polar surface area (TPSA) is 36.9 Å². The standard InChI is InChI=1S/C37H47O4P/c1-29-33(35(39-3)37(41-5)36(40-4)34(29)38-2)27-19-8-6-7-9-20-28-42(30-21-13-10-14-22-30,31-23-15-11-16-24-31)32-25-17-12-18-26-32/h10-18,21-26,42H,6-9,19-20,27-28H2,1-5H3. The van der Waals surface area contributed by atoms with Crippen molar-refractivity contribution in [1.82, 2.24) is 0 Å². The van der Waals surface area contributed by atoms with Crippen LogP contribution in [0.5, 0.6) is 23.0 Å². The van der Waals surface area contributed by atoms with Crippen molar-refractivity contribution in [2.24, 2.45) is 0 Å². The van der Waals surface area contributed by atoms with Crippen LogP contribution in [0.15, 0.2) is 91.0 Å². The molecule has 4 nitrogen and oxygen atoms in total. The maximum absolute atomic E-state index is 5.78. The van der Waals surface area contributed by atoms with Crippen molar-refractivity contribution >= 4 is 23.2 Å². The summed E-state index contributed by atoms with van der Waals surface area (Å²) in [5.41, 5.74) is 2.19. The molecule has 0 spiro atoms. The van der Waals surface area contributed by atoms with Gasteiger partial charge in [-0.15, -0.1) is 0 Å². The van der Waals surface area contributed by atoms with E-state index in [0.29, 0.717) is 17.2 Å². The number of hydrogen-bond acceptors (Lipinski definition) is 4. The van der Waals surface area contributed by atoms with E-state index in [1.165, 1.54) is 54.2 Å². The SMILES string of the molecule is COc1c(C)c(CCCCCCCC[PH](c2ccccc2)(c2ccccc2)c2ccccc2)c(OC)c(OC)c1OC. The molecule has 0 amide bonds. The first-order valence-corrected chi connectivity index (χ1v) is 17.3. The second-order valence-corrected chi connectivity index (χ2v) is 14.9. The van der Waals surface area contributed by atoms with E-state index in [4.69, 9.17) is 18.9 Å². The second kappa shape index (κ2) is 15.7. The van der Waals surface area contributed by atoms with Gasteiger partial charge in [0.05, 0.1) is 21.3 Å². The first kappa shape index (κ1) is 31.4. The summed E-state index contributed by atoms with van der Waals surface area (Å²) in [5.74, 6) is 2.64. The van der Waals surface area contributed by atoms with Crippen LogP contribution in [-0.4, -0.2) is 34.6 Å². The van der Waals surface area contributed by atoms with E-state index in [1.54, 1.807) is 28.4 Å². The van der Waals surface area contributed by atoms with Gasteiger partial charge in [0.1, 0.15) is 0 Å². The molecule has 0 bridgehead atoms. The molecule has 4 aromatic rings. The molecule has 0 radical (unpaired) electrons. The Kier molecular flexibility index (Phi) is 11.7. The minimum atomic E-state index is -2.13. The van der Waals surface area contributed by atoms with Gasteiger partial charge >= 0.3 is 228 Å². The van der Waals surface area contributed by atoms with Gasteiger partial charge in [-0.1, -0.05) is 0 Å². The third-order valence-corrected chi connectivity index (χ3v) is 13.6. The summed E-state index contributed by atoms with van der Waals surface area (Å²) in [6.45, 7) is 2.07. The Bertz CT molecular complexity index is 1280. The van der Waals surface area contributed by atoms with E-state index in [2.05, 4.69) is 97.9 Å². The van der Waals surface area contributed by atoms with Gasteiger partial charge in [0.25, 0.3) is 0 Å². The van der Waals surface area contributed by atoms with Crippen molar-refractivity contribution in [2.45, 2.75) is 51.9 Å². The zero-order valence-electron chi connectivity index (χ0n) is 26.0. The molecule has 0 aliphatic carbocycles. The van der Waals surface area contributed by atoms with E-state index in [-0.39, 0.29) is 0 Å². The van der Waals surface area contributed by atoms with Crippen LogP contribution in [0.25, 0.3) is 0 Å². The molecule has 0 aliphatic rings. The van der Waals surface area contributed by atoms with Crippen molar-refractivity contribution < 1.29 is 18.9 Å². The van der Waals surface area contributed by atoms with Gasteiger partial charge < -0.3 is 4.74 Å². The number of benzene rings is 4. The number of unbranched alkanes of at least 4 members (excludes halogenated alkanes) is 5. The van der Waals surface area contributed by atoms with Gasteiger partial charge in [-0.25, -0.2) is 0 Å². The van der Waals surface area contributed by atoms with Gasteiger partial charge in [0, 0.05) is 0 Å². The van der Waals surface area contributed by atoms with Crippen molar-refractivity contribution in [3.05, 3.63) is 102 Å². The van der Waals surface area contributed by atoms with Crippen molar-refractivity contribution in [2.75, 3.05) is 34.6 Å². The summed E-state index contributed by atoms with van der Waals surface area (Å²) in [7, 11) is 4.50. The zero-order valence-corrected chi connectivity index (χ0v) is 27.0. The predicted molar refractivity (Wildman–Crippen MR) is 180 cm³/mol. The molecule has 0 heterocycles. The Labute approximate surface area is 253 Å². The van der Waals surface area contributed by atoms with E-state index in [9.17, 15) is 0 Å². The van der Waals surface area contributed by atoms with Gasteiger partial charge in [-0.05, 0) is 0 Å². The van der Waals surface area contributed by atoms with E-state index in [1.807, 2.05) is 0 Å². The number of rotatable bonds is 16. The summed E-state index contributed by atoms with van der Waals surface area (Å²) in [4.78, 5) is 0. The molecule has 0 N–H and O–H groups in total. The average molecular weight is 587 g/mol. The fourth-order valence-electron chi connectivity index (χ4n) is 6.45. The van der Waals surface area contributed by atoms with E-state index >= 15 is 0 Å². The maximum atomic E-state index is 5.78. The molecule has 0 aromatic heterocycles. The Morgan fingerprint density at radius 3 is 1.26 bits per heavy atom. The van der Waals surface area contributed by atoms with Crippen molar-refractivity contribution in [1.29, 1.82) is 0 Å². The monoisotopic (exact) mass is 586 g/mol. The van der Waals surface area contributed by atoms with Crippen LogP contribution in [0, 0.1) is 6.92 Å². The summed E-state index contributed by atoms with van der Waals surface area (Å²) >= 11 is 0. The van der Waals surface area contributed by atoms with Gasteiger partial charge in [0.15, 0.2) is 0 Å². The van der Waals surface area contributed by atoms with Crippen LogP contribution >= 0.6 is 7.26 Å². The molecule has 0 aliphatic heterocycles. The van der Waals surface area contributed by atoms with Crippen LogP contribution in [0.2, 0.25) is 0 Å². The average Bonchev–Trinajstić information content (AvgIpc) is 3.05. The van der Waals surface area contributed by atoms with Gasteiger partial charge in [-0.3, -0.25) is 0 Å². The van der Waals surface area contributed by atoms with Crippen LogP contribution in [0.3, 0.4) is 0 Å². The minimum Gasteiger partial charge on any atom is -0.490 e. The Hall–Kier alpha value is -3.49. The normalized spacial score (nSPS) is 11.6. The summed E-state index contributed by atoms with van der Waals surface area (Å²) in [6, 6.07) is 33.7. The predicted octanol–water partition coefficient (Wildman–Crippen LogP) is 7.64. The van der Waals surface area contributed by atoms with Crippen LogP contribution < -0.4 is 34.9 Å². The molecule has 0 fully saturated rings. The molecule has 0 saturated carbocycles. The fraction of sp³-hybridized carbons (Fsp3) is 0.351. The first-order valence-electron chi connectivity index (χ1n) is 15.1. The van der Waals surface area contributed by atoms with Crippen LogP contribution in [-0.2, 0) is 6.42 Å². The molecular formula is C37H47O4P. The number of methoxy groups -OCH3 is 4. The van der Waals surface area contributed by atoms with Gasteiger partial charge in [-0.2, -0.15) is 0 Å². The second-order valence-electron chi connectivity index (χ2n) is 10.9. The third-order valence-electron chi connectivity index (χ3n) is 8.53. The van der Waals surface area contributed by atoms with Crippen LogP contribution in [0.1, 0.15) is 49.7 Å². The quantitative estimate of drug-likeness (QED) is 0.0999. The molecule has 42 heavy (non-hydrogen) atoms. The molecule has 0 atom stereocenters. The molecule has 4 aromatic carbocycles. The number of ether oxygens (including phenoxy) is 4. The Morgan fingerprint density at radius 1 is 0.452 bits per heavy atom. The summed E-state index contributed by atoms with van der Waals surface area (Å²) in [5, 5.41) is 4.49. The van der Waals surface area contributed by atoms with Crippen molar-refractivity contribution in [3.8, 4) is 23.0 Å². The fourth-order valence-corrected chi connectivity index (χ4v) is 11.4. The molecule has 4 rings (SSSR count). The zero-order chi connectivity index (χ0) is 29.8.